The molecule has 0 bridgehead atoms. The number of hydrogen-bond acceptors (Lipinski definition) is 3. The summed E-state index contributed by atoms with van der Waals surface area (Å²) in [5.41, 5.74) is 2.30. The second-order valence-electron chi connectivity index (χ2n) is 5.97. The lowest BCUT2D eigenvalue weighted by atomic mass is 10.1. The van der Waals surface area contributed by atoms with Gasteiger partial charge in [-0.25, -0.2) is 9.48 Å². The fourth-order valence-corrected chi connectivity index (χ4v) is 2.54. The Kier molecular flexibility index (Phi) is 4.14. The van der Waals surface area contributed by atoms with Gasteiger partial charge in [-0.2, -0.15) is 5.10 Å². The van der Waals surface area contributed by atoms with E-state index in [1.54, 1.807) is 35.1 Å². The van der Waals surface area contributed by atoms with Crippen molar-refractivity contribution in [2.24, 2.45) is 5.92 Å². The van der Waals surface area contributed by atoms with E-state index < -0.39 is 12.0 Å². The molecule has 0 aliphatic heterocycles. The monoisotopic (exact) mass is 313 g/mol. The number of hydrogen-bond donors (Lipinski definition) is 2. The number of amides is 1. The van der Waals surface area contributed by atoms with Gasteiger partial charge in [0.2, 0.25) is 0 Å². The van der Waals surface area contributed by atoms with E-state index >= 15 is 0 Å². The van der Waals surface area contributed by atoms with Crippen LogP contribution in [0, 0.1) is 12.8 Å². The number of carbonyl (C=O) groups excluding carboxylic acids is 1. The number of aromatic nitrogens is 2. The molecule has 1 aromatic heterocycles. The Morgan fingerprint density at radius 3 is 2.52 bits per heavy atom. The molecular formula is C17H19N3O3. The third-order valence-electron chi connectivity index (χ3n) is 4.08. The Labute approximate surface area is 134 Å². The summed E-state index contributed by atoms with van der Waals surface area (Å²) >= 11 is 0. The zero-order valence-electron chi connectivity index (χ0n) is 12.9. The van der Waals surface area contributed by atoms with Gasteiger partial charge in [-0.05, 0) is 49.6 Å². The SMILES string of the molecule is Cc1ccnn1-c1ccc(C(=O)NC(CC2CC2)C(=O)O)cc1. The van der Waals surface area contributed by atoms with Crippen molar-refractivity contribution < 1.29 is 14.7 Å². The van der Waals surface area contributed by atoms with E-state index in [4.69, 9.17) is 0 Å². The molecule has 6 nitrogen and oxygen atoms in total. The number of nitrogens with one attached hydrogen (secondary N) is 1. The van der Waals surface area contributed by atoms with E-state index in [1.165, 1.54) is 0 Å². The van der Waals surface area contributed by atoms with Gasteiger partial charge in [0.15, 0.2) is 0 Å². The summed E-state index contributed by atoms with van der Waals surface area (Å²) in [5.74, 6) is -0.905. The van der Waals surface area contributed by atoms with Crippen LogP contribution < -0.4 is 5.32 Å². The highest BCUT2D eigenvalue weighted by atomic mass is 16.4. The number of rotatable bonds is 6. The van der Waals surface area contributed by atoms with Crippen molar-refractivity contribution in [1.82, 2.24) is 15.1 Å². The predicted octanol–water partition coefficient (Wildman–Crippen LogP) is 2.16. The predicted molar refractivity (Wildman–Crippen MR) is 84.5 cm³/mol. The van der Waals surface area contributed by atoms with Gasteiger partial charge in [0.25, 0.3) is 5.91 Å². The molecule has 1 saturated carbocycles. The normalized spacial score (nSPS) is 15.2. The molecule has 1 aliphatic carbocycles. The topological polar surface area (TPSA) is 84.2 Å². The van der Waals surface area contributed by atoms with Crippen LogP contribution >= 0.6 is 0 Å². The molecule has 120 valence electrons. The van der Waals surface area contributed by atoms with E-state index in [-0.39, 0.29) is 5.91 Å². The van der Waals surface area contributed by atoms with Crippen molar-refractivity contribution in [2.75, 3.05) is 0 Å². The Hall–Kier alpha value is -2.63. The van der Waals surface area contributed by atoms with Gasteiger partial charge in [-0.1, -0.05) is 12.8 Å². The third-order valence-corrected chi connectivity index (χ3v) is 4.08. The Morgan fingerprint density at radius 1 is 1.30 bits per heavy atom. The minimum absolute atomic E-state index is 0.359. The molecule has 0 radical (unpaired) electrons. The summed E-state index contributed by atoms with van der Waals surface area (Å²) in [5, 5.41) is 16.0. The largest absolute Gasteiger partial charge is 0.480 e. The Morgan fingerprint density at radius 2 is 2.00 bits per heavy atom. The van der Waals surface area contributed by atoms with Crippen LogP contribution in [0.1, 0.15) is 35.3 Å². The van der Waals surface area contributed by atoms with Gasteiger partial charge in [0, 0.05) is 17.5 Å². The lowest BCUT2D eigenvalue weighted by molar-refractivity contribution is -0.139. The highest BCUT2D eigenvalue weighted by Crippen LogP contribution is 2.33. The molecule has 3 rings (SSSR count). The second-order valence-corrected chi connectivity index (χ2v) is 5.97. The van der Waals surface area contributed by atoms with E-state index in [2.05, 4.69) is 10.4 Å². The van der Waals surface area contributed by atoms with Crippen molar-refractivity contribution in [3.63, 3.8) is 0 Å². The molecule has 6 heteroatoms. The molecule has 1 unspecified atom stereocenters. The van der Waals surface area contributed by atoms with Gasteiger partial charge in [0.05, 0.1) is 5.69 Å². The fraction of sp³-hybridized carbons (Fsp3) is 0.353. The first-order chi connectivity index (χ1) is 11.0. The minimum Gasteiger partial charge on any atom is -0.480 e. The lowest BCUT2D eigenvalue weighted by Crippen LogP contribution is -2.41. The van der Waals surface area contributed by atoms with E-state index in [0.717, 1.165) is 24.2 Å². The van der Waals surface area contributed by atoms with Gasteiger partial charge >= 0.3 is 5.97 Å². The maximum atomic E-state index is 12.2. The molecule has 1 amide bonds. The maximum absolute atomic E-state index is 12.2. The second kappa shape index (κ2) is 6.24. The van der Waals surface area contributed by atoms with Gasteiger partial charge < -0.3 is 10.4 Å². The standard InChI is InChI=1S/C17H19N3O3/c1-11-8-9-18-20(11)14-6-4-13(5-7-14)16(21)19-15(17(22)23)10-12-2-3-12/h4-9,12,15H,2-3,10H2,1H3,(H,19,21)(H,22,23). The maximum Gasteiger partial charge on any atom is 0.326 e. The number of carboxylic acid groups (broad SMARTS) is 1. The molecule has 2 N–H and O–H groups in total. The van der Waals surface area contributed by atoms with Crippen LogP contribution in [0.25, 0.3) is 5.69 Å². The lowest BCUT2D eigenvalue weighted by Gasteiger charge is -2.14. The van der Waals surface area contributed by atoms with Gasteiger partial charge in [0.1, 0.15) is 6.04 Å². The summed E-state index contributed by atoms with van der Waals surface area (Å²) in [6.07, 6.45) is 4.33. The highest BCUT2D eigenvalue weighted by Gasteiger charge is 2.30. The smallest absolute Gasteiger partial charge is 0.326 e. The number of nitrogens with zero attached hydrogens (tertiary/aromatic N) is 2. The molecule has 1 atom stereocenters. The molecule has 1 aromatic carbocycles. The molecule has 1 fully saturated rings. The van der Waals surface area contributed by atoms with E-state index in [0.29, 0.717) is 17.9 Å². The average Bonchev–Trinajstić information content (AvgIpc) is 3.25. The van der Waals surface area contributed by atoms with Crippen molar-refractivity contribution in [3.8, 4) is 5.69 Å². The van der Waals surface area contributed by atoms with Crippen molar-refractivity contribution >= 4 is 11.9 Å². The quantitative estimate of drug-likeness (QED) is 0.856. The summed E-state index contributed by atoms with van der Waals surface area (Å²) in [6.45, 7) is 1.95. The summed E-state index contributed by atoms with van der Waals surface area (Å²) in [6, 6.07) is 8.04. The molecule has 0 saturated heterocycles. The number of carbonyl (C=O) groups is 2. The van der Waals surface area contributed by atoms with Crippen LogP contribution in [-0.4, -0.2) is 32.8 Å². The first-order valence-electron chi connectivity index (χ1n) is 7.69. The van der Waals surface area contributed by atoms with Crippen molar-refractivity contribution in [2.45, 2.75) is 32.2 Å². The number of benzene rings is 1. The summed E-state index contributed by atoms with van der Waals surface area (Å²) in [4.78, 5) is 23.5. The van der Waals surface area contributed by atoms with Gasteiger partial charge in [-0.15, -0.1) is 0 Å². The zero-order valence-corrected chi connectivity index (χ0v) is 12.9. The highest BCUT2D eigenvalue weighted by molar-refractivity contribution is 5.96. The van der Waals surface area contributed by atoms with E-state index in [9.17, 15) is 14.7 Å². The number of carboxylic acids is 1. The molecule has 23 heavy (non-hydrogen) atoms. The first kappa shape index (κ1) is 15.3. The molecule has 1 heterocycles. The average molecular weight is 313 g/mol. The van der Waals surface area contributed by atoms with Crippen molar-refractivity contribution in [3.05, 3.63) is 47.8 Å². The fourth-order valence-electron chi connectivity index (χ4n) is 2.54. The minimum atomic E-state index is -0.978. The van der Waals surface area contributed by atoms with Crippen molar-refractivity contribution in [1.29, 1.82) is 0 Å². The van der Waals surface area contributed by atoms with Crippen LogP contribution in [0.2, 0.25) is 0 Å². The van der Waals surface area contributed by atoms with Crippen LogP contribution in [-0.2, 0) is 4.79 Å². The summed E-state index contributed by atoms with van der Waals surface area (Å²) in [7, 11) is 0. The van der Waals surface area contributed by atoms with Crippen LogP contribution in [0.5, 0.6) is 0 Å². The van der Waals surface area contributed by atoms with E-state index in [1.807, 2.05) is 13.0 Å². The summed E-state index contributed by atoms with van der Waals surface area (Å²) < 4.78 is 1.77. The number of aryl methyl sites for hydroxylation is 1. The molecule has 0 spiro atoms. The number of aliphatic carboxylic acids is 1. The Bertz CT molecular complexity index is 717. The molecular weight excluding hydrogens is 294 g/mol. The zero-order chi connectivity index (χ0) is 16.4. The van der Waals surface area contributed by atoms with Gasteiger partial charge in [-0.3, -0.25) is 4.79 Å². The Balaban J connectivity index is 1.69. The van der Waals surface area contributed by atoms with Crippen LogP contribution in [0.3, 0.4) is 0 Å². The molecule has 1 aliphatic rings. The van der Waals surface area contributed by atoms with Crippen LogP contribution in [0.4, 0.5) is 0 Å². The van der Waals surface area contributed by atoms with Crippen LogP contribution in [0.15, 0.2) is 36.5 Å². The molecule has 2 aromatic rings. The first-order valence-corrected chi connectivity index (χ1v) is 7.69. The third kappa shape index (κ3) is 3.59.